The van der Waals surface area contributed by atoms with Gasteiger partial charge in [-0.1, -0.05) is 27.2 Å². The van der Waals surface area contributed by atoms with Crippen LogP contribution in [0.25, 0.3) is 0 Å². The standard InChI is InChI=1S/C15H29F3N2/c1-4-5-14(11-19-10-12(2)3)20-8-6-13(7-9-20)15(16,17)18/h12-14,19H,4-11H2,1-3H3. The molecule has 1 atom stereocenters. The van der Waals surface area contributed by atoms with Crippen LogP contribution in [0.1, 0.15) is 46.5 Å². The third-order valence-corrected chi connectivity index (χ3v) is 4.06. The highest BCUT2D eigenvalue weighted by Crippen LogP contribution is 2.34. The molecule has 1 heterocycles. The fourth-order valence-electron chi connectivity index (χ4n) is 2.88. The van der Waals surface area contributed by atoms with Crippen molar-refractivity contribution >= 4 is 0 Å². The van der Waals surface area contributed by atoms with Crippen LogP contribution in [-0.2, 0) is 0 Å². The topological polar surface area (TPSA) is 15.3 Å². The molecule has 1 aliphatic heterocycles. The second-order valence-corrected chi connectivity index (χ2v) is 6.35. The summed E-state index contributed by atoms with van der Waals surface area (Å²) >= 11 is 0. The van der Waals surface area contributed by atoms with Gasteiger partial charge >= 0.3 is 6.18 Å². The number of hydrogen-bond acceptors (Lipinski definition) is 2. The molecular weight excluding hydrogens is 265 g/mol. The molecule has 1 unspecified atom stereocenters. The summed E-state index contributed by atoms with van der Waals surface area (Å²) in [7, 11) is 0. The number of rotatable bonds is 7. The van der Waals surface area contributed by atoms with E-state index in [0.717, 1.165) is 25.9 Å². The van der Waals surface area contributed by atoms with E-state index in [1.54, 1.807) is 0 Å². The van der Waals surface area contributed by atoms with Gasteiger partial charge in [0.15, 0.2) is 0 Å². The summed E-state index contributed by atoms with van der Waals surface area (Å²) in [6, 6.07) is 0.382. The normalized spacial score (nSPS) is 20.6. The Bertz CT molecular complexity index is 258. The monoisotopic (exact) mass is 294 g/mol. The number of piperidine rings is 1. The molecule has 0 radical (unpaired) electrons. The van der Waals surface area contributed by atoms with Gasteiger partial charge in [0, 0.05) is 12.6 Å². The van der Waals surface area contributed by atoms with E-state index in [9.17, 15) is 13.2 Å². The molecule has 2 nitrogen and oxygen atoms in total. The van der Waals surface area contributed by atoms with Crippen LogP contribution in [0.4, 0.5) is 13.2 Å². The van der Waals surface area contributed by atoms with E-state index in [0.29, 0.717) is 25.0 Å². The quantitative estimate of drug-likeness (QED) is 0.770. The van der Waals surface area contributed by atoms with Crippen molar-refractivity contribution in [2.75, 3.05) is 26.2 Å². The molecule has 1 fully saturated rings. The summed E-state index contributed by atoms with van der Waals surface area (Å²) < 4.78 is 38.0. The van der Waals surface area contributed by atoms with Crippen LogP contribution in [0.15, 0.2) is 0 Å². The maximum atomic E-state index is 12.7. The summed E-state index contributed by atoms with van der Waals surface area (Å²) in [5.74, 6) is -0.488. The van der Waals surface area contributed by atoms with Gasteiger partial charge in [0.1, 0.15) is 0 Å². The molecular formula is C15H29F3N2. The second-order valence-electron chi connectivity index (χ2n) is 6.35. The van der Waals surface area contributed by atoms with Gasteiger partial charge in [0.2, 0.25) is 0 Å². The van der Waals surface area contributed by atoms with E-state index in [2.05, 4.69) is 31.0 Å². The van der Waals surface area contributed by atoms with Gasteiger partial charge in [-0.25, -0.2) is 0 Å². The van der Waals surface area contributed by atoms with Crippen molar-refractivity contribution in [3.8, 4) is 0 Å². The fourth-order valence-corrected chi connectivity index (χ4v) is 2.88. The smallest absolute Gasteiger partial charge is 0.315 e. The van der Waals surface area contributed by atoms with Crippen LogP contribution >= 0.6 is 0 Å². The van der Waals surface area contributed by atoms with Gasteiger partial charge < -0.3 is 5.32 Å². The molecule has 1 aliphatic rings. The van der Waals surface area contributed by atoms with Crippen molar-refractivity contribution in [3.63, 3.8) is 0 Å². The van der Waals surface area contributed by atoms with Crippen LogP contribution in [0.3, 0.4) is 0 Å². The van der Waals surface area contributed by atoms with E-state index < -0.39 is 12.1 Å². The number of nitrogens with zero attached hydrogens (tertiary/aromatic N) is 1. The molecule has 20 heavy (non-hydrogen) atoms. The van der Waals surface area contributed by atoms with E-state index in [-0.39, 0.29) is 12.8 Å². The molecule has 0 saturated carbocycles. The van der Waals surface area contributed by atoms with E-state index in [1.165, 1.54) is 0 Å². The number of alkyl halides is 3. The summed E-state index contributed by atoms with van der Waals surface area (Å²) in [4.78, 5) is 2.25. The molecule has 0 spiro atoms. The number of likely N-dealkylation sites (tertiary alicyclic amines) is 1. The highest BCUT2D eigenvalue weighted by atomic mass is 19.4. The average Bonchev–Trinajstić information content (AvgIpc) is 2.36. The first-order valence-electron chi connectivity index (χ1n) is 7.86. The minimum absolute atomic E-state index is 0.258. The Morgan fingerprint density at radius 1 is 1.15 bits per heavy atom. The second kappa shape index (κ2) is 8.23. The van der Waals surface area contributed by atoms with Gasteiger partial charge in [0.05, 0.1) is 5.92 Å². The third kappa shape index (κ3) is 6.00. The summed E-state index contributed by atoms with van der Waals surface area (Å²) in [5, 5.41) is 3.44. The molecule has 120 valence electrons. The zero-order valence-corrected chi connectivity index (χ0v) is 13.0. The maximum Gasteiger partial charge on any atom is 0.391 e. The first-order valence-corrected chi connectivity index (χ1v) is 7.86. The minimum atomic E-state index is -4.01. The Kier molecular flexibility index (Phi) is 7.30. The molecule has 0 aromatic rings. The first kappa shape index (κ1) is 17.8. The third-order valence-electron chi connectivity index (χ3n) is 4.06. The summed E-state index contributed by atoms with van der Waals surface area (Å²) in [6.45, 7) is 9.49. The zero-order chi connectivity index (χ0) is 15.2. The molecule has 5 heteroatoms. The van der Waals surface area contributed by atoms with Crippen LogP contribution < -0.4 is 5.32 Å². The van der Waals surface area contributed by atoms with Crippen LogP contribution in [-0.4, -0.2) is 43.3 Å². The Morgan fingerprint density at radius 3 is 2.20 bits per heavy atom. The molecule has 1 N–H and O–H groups in total. The van der Waals surface area contributed by atoms with E-state index >= 15 is 0 Å². The number of hydrogen-bond donors (Lipinski definition) is 1. The lowest BCUT2D eigenvalue weighted by Crippen LogP contribution is -2.48. The van der Waals surface area contributed by atoms with Crippen LogP contribution in [0.2, 0.25) is 0 Å². The molecule has 0 aromatic heterocycles. The lowest BCUT2D eigenvalue weighted by atomic mass is 9.94. The fraction of sp³-hybridized carbons (Fsp3) is 1.00. The lowest BCUT2D eigenvalue weighted by molar-refractivity contribution is -0.186. The van der Waals surface area contributed by atoms with Crippen molar-refractivity contribution in [2.45, 2.75) is 58.7 Å². The predicted molar refractivity (Wildman–Crippen MR) is 76.8 cm³/mol. The SMILES string of the molecule is CCCC(CNCC(C)C)N1CCC(C(F)(F)F)CC1. The molecule has 0 aliphatic carbocycles. The number of nitrogens with one attached hydrogen (secondary N) is 1. The Hall–Kier alpha value is -0.290. The Morgan fingerprint density at radius 2 is 1.75 bits per heavy atom. The van der Waals surface area contributed by atoms with Gasteiger partial charge in [-0.15, -0.1) is 0 Å². The maximum absolute atomic E-state index is 12.7. The first-order chi connectivity index (χ1) is 9.34. The molecule has 0 amide bonds. The number of halogens is 3. The van der Waals surface area contributed by atoms with Gasteiger partial charge in [-0.2, -0.15) is 13.2 Å². The van der Waals surface area contributed by atoms with E-state index in [1.807, 2.05) is 0 Å². The average molecular weight is 294 g/mol. The highest BCUT2D eigenvalue weighted by molar-refractivity contribution is 4.82. The molecule has 0 aromatic carbocycles. The Balaban J connectivity index is 2.41. The van der Waals surface area contributed by atoms with Crippen LogP contribution in [0.5, 0.6) is 0 Å². The van der Waals surface area contributed by atoms with Crippen molar-refractivity contribution < 1.29 is 13.2 Å². The largest absolute Gasteiger partial charge is 0.391 e. The molecule has 0 bridgehead atoms. The predicted octanol–water partition coefficient (Wildman–Crippen LogP) is 3.68. The van der Waals surface area contributed by atoms with Crippen LogP contribution in [0, 0.1) is 11.8 Å². The zero-order valence-electron chi connectivity index (χ0n) is 13.0. The lowest BCUT2D eigenvalue weighted by Gasteiger charge is -2.38. The molecule has 1 rings (SSSR count). The van der Waals surface area contributed by atoms with Gasteiger partial charge in [-0.3, -0.25) is 4.90 Å². The summed E-state index contributed by atoms with van der Waals surface area (Å²) in [5.41, 5.74) is 0. The van der Waals surface area contributed by atoms with Gasteiger partial charge in [-0.05, 0) is 44.8 Å². The Labute approximate surface area is 121 Å². The minimum Gasteiger partial charge on any atom is -0.315 e. The highest BCUT2D eigenvalue weighted by Gasteiger charge is 2.41. The van der Waals surface area contributed by atoms with Crippen molar-refractivity contribution in [1.82, 2.24) is 10.2 Å². The molecule has 1 saturated heterocycles. The van der Waals surface area contributed by atoms with Gasteiger partial charge in [0.25, 0.3) is 0 Å². The van der Waals surface area contributed by atoms with Crippen molar-refractivity contribution in [3.05, 3.63) is 0 Å². The van der Waals surface area contributed by atoms with Crippen molar-refractivity contribution in [2.24, 2.45) is 11.8 Å². The van der Waals surface area contributed by atoms with E-state index in [4.69, 9.17) is 0 Å². The van der Waals surface area contributed by atoms with Crippen molar-refractivity contribution in [1.29, 1.82) is 0 Å². The summed E-state index contributed by atoms with van der Waals surface area (Å²) in [6.07, 6.45) is -1.36.